The molecule has 12 heavy (non-hydrogen) atoms. The summed E-state index contributed by atoms with van der Waals surface area (Å²) in [6.07, 6.45) is 1.80. The molecule has 2 heteroatoms. The van der Waals surface area contributed by atoms with Gasteiger partial charge >= 0.3 is 0 Å². The van der Waals surface area contributed by atoms with Crippen molar-refractivity contribution in [2.24, 2.45) is 0 Å². The molecule has 2 atom stereocenters. The molecular weight excluding hydrogens is 152 g/mol. The largest absolute Gasteiger partial charge is 0.490 e. The minimum absolute atomic E-state index is 0.359. The summed E-state index contributed by atoms with van der Waals surface area (Å²) in [5.74, 6) is 1.04. The average molecular weight is 162 g/mol. The fourth-order valence-electron chi connectivity index (χ4n) is 1.71. The van der Waals surface area contributed by atoms with E-state index in [0.717, 1.165) is 18.8 Å². The smallest absolute Gasteiger partial charge is 0.122 e. The molecule has 62 valence electrons. The molecule has 0 N–H and O–H groups in total. The van der Waals surface area contributed by atoms with Crippen LogP contribution in [0.1, 0.15) is 5.56 Å². The molecule has 0 radical (unpaired) electrons. The van der Waals surface area contributed by atoms with Gasteiger partial charge in [-0.1, -0.05) is 18.2 Å². The Hall–Kier alpha value is -1.02. The van der Waals surface area contributed by atoms with Crippen molar-refractivity contribution in [2.45, 2.75) is 18.6 Å². The SMILES string of the molecule is c1ccc2c(c1)CC1OC1CO2. The van der Waals surface area contributed by atoms with Crippen LogP contribution in [0.3, 0.4) is 0 Å². The van der Waals surface area contributed by atoms with Gasteiger partial charge < -0.3 is 9.47 Å². The highest BCUT2D eigenvalue weighted by atomic mass is 16.6. The predicted octanol–water partition coefficient (Wildman–Crippen LogP) is 1.39. The molecular formula is C10H10O2. The van der Waals surface area contributed by atoms with Crippen LogP contribution in [-0.2, 0) is 11.2 Å². The van der Waals surface area contributed by atoms with Gasteiger partial charge in [-0.2, -0.15) is 0 Å². The summed E-state index contributed by atoms with van der Waals surface area (Å²) in [7, 11) is 0. The maximum absolute atomic E-state index is 5.58. The summed E-state index contributed by atoms with van der Waals surface area (Å²) in [5, 5.41) is 0. The van der Waals surface area contributed by atoms with E-state index >= 15 is 0 Å². The van der Waals surface area contributed by atoms with Gasteiger partial charge in [0.05, 0.1) is 6.10 Å². The van der Waals surface area contributed by atoms with Crippen molar-refractivity contribution in [1.29, 1.82) is 0 Å². The van der Waals surface area contributed by atoms with Crippen LogP contribution in [0.4, 0.5) is 0 Å². The third-order valence-corrected chi connectivity index (χ3v) is 2.48. The Balaban J connectivity index is 2.00. The standard InChI is InChI=1S/C10H10O2/c1-2-4-8-7(3-1)5-9-10(12-9)6-11-8/h1-4,9-10H,5-6H2. The second-order valence-corrected chi connectivity index (χ2v) is 3.34. The molecule has 2 aliphatic heterocycles. The number of epoxide rings is 1. The van der Waals surface area contributed by atoms with E-state index in [2.05, 4.69) is 6.07 Å². The van der Waals surface area contributed by atoms with Crippen molar-refractivity contribution < 1.29 is 9.47 Å². The van der Waals surface area contributed by atoms with Crippen molar-refractivity contribution in [1.82, 2.24) is 0 Å². The third kappa shape index (κ3) is 0.916. The number of para-hydroxylation sites is 1. The number of benzene rings is 1. The first kappa shape index (κ1) is 6.49. The van der Waals surface area contributed by atoms with Gasteiger partial charge in [-0.15, -0.1) is 0 Å². The second kappa shape index (κ2) is 2.23. The molecule has 1 aromatic rings. The fraction of sp³-hybridized carbons (Fsp3) is 0.400. The van der Waals surface area contributed by atoms with Gasteiger partial charge in [-0.3, -0.25) is 0 Å². The van der Waals surface area contributed by atoms with Crippen LogP contribution < -0.4 is 4.74 Å². The number of rotatable bonds is 0. The maximum atomic E-state index is 5.58. The number of fused-ring (bicyclic) bond motifs is 2. The van der Waals surface area contributed by atoms with Crippen LogP contribution in [0.15, 0.2) is 24.3 Å². The first-order valence-corrected chi connectivity index (χ1v) is 4.29. The molecule has 3 rings (SSSR count). The van der Waals surface area contributed by atoms with Crippen LogP contribution in [0.2, 0.25) is 0 Å². The highest BCUT2D eigenvalue weighted by molar-refractivity contribution is 5.35. The quantitative estimate of drug-likeness (QED) is 0.538. The van der Waals surface area contributed by atoms with Crippen molar-refractivity contribution >= 4 is 0 Å². The third-order valence-electron chi connectivity index (χ3n) is 2.48. The molecule has 1 aromatic carbocycles. The number of hydrogen-bond donors (Lipinski definition) is 0. The Kier molecular flexibility index (Phi) is 1.21. The molecule has 0 aromatic heterocycles. The van der Waals surface area contributed by atoms with E-state index in [0.29, 0.717) is 12.2 Å². The monoisotopic (exact) mass is 162 g/mol. The number of hydrogen-bond acceptors (Lipinski definition) is 2. The van der Waals surface area contributed by atoms with Crippen LogP contribution in [-0.4, -0.2) is 18.8 Å². The summed E-state index contributed by atoms with van der Waals surface area (Å²) in [5.41, 5.74) is 1.28. The second-order valence-electron chi connectivity index (χ2n) is 3.34. The van der Waals surface area contributed by atoms with E-state index in [9.17, 15) is 0 Å². The minimum atomic E-state index is 0.359. The fourth-order valence-corrected chi connectivity index (χ4v) is 1.71. The Bertz CT molecular complexity index is 308. The van der Waals surface area contributed by atoms with Crippen LogP contribution in [0.5, 0.6) is 5.75 Å². The average Bonchev–Trinajstić information content (AvgIpc) is 2.80. The minimum Gasteiger partial charge on any atom is -0.490 e. The molecule has 0 aliphatic carbocycles. The summed E-state index contributed by atoms with van der Waals surface area (Å²) in [4.78, 5) is 0. The maximum Gasteiger partial charge on any atom is 0.122 e. The molecule has 1 saturated heterocycles. The van der Waals surface area contributed by atoms with E-state index in [1.165, 1.54) is 5.56 Å². The molecule has 2 heterocycles. The van der Waals surface area contributed by atoms with E-state index in [4.69, 9.17) is 9.47 Å². The summed E-state index contributed by atoms with van der Waals surface area (Å²) in [6, 6.07) is 8.20. The normalized spacial score (nSPS) is 31.0. The van der Waals surface area contributed by atoms with Crippen molar-refractivity contribution in [2.75, 3.05) is 6.61 Å². The highest BCUT2D eigenvalue weighted by Gasteiger charge is 2.41. The van der Waals surface area contributed by atoms with Crippen LogP contribution >= 0.6 is 0 Å². The zero-order chi connectivity index (χ0) is 7.97. The molecule has 0 saturated carbocycles. The molecule has 0 amide bonds. The first-order valence-electron chi connectivity index (χ1n) is 4.29. The highest BCUT2D eigenvalue weighted by Crippen LogP contribution is 2.33. The Morgan fingerprint density at radius 2 is 2.08 bits per heavy atom. The molecule has 1 fully saturated rings. The summed E-state index contributed by atoms with van der Waals surface area (Å²) >= 11 is 0. The lowest BCUT2D eigenvalue weighted by Crippen LogP contribution is -2.04. The van der Waals surface area contributed by atoms with Crippen LogP contribution in [0, 0.1) is 0 Å². The molecule has 2 aliphatic rings. The Morgan fingerprint density at radius 1 is 1.17 bits per heavy atom. The van der Waals surface area contributed by atoms with Gasteiger partial charge in [0.1, 0.15) is 18.5 Å². The lowest BCUT2D eigenvalue weighted by Gasteiger charge is -2.06. The Morgan fingerprint density at radius 3 is 3.08 bits per heavy atom. The lowest BCUT2D eigenvalue weighted by atomic mass is 10.1. The zero-order valence-corrected chi connectivity index (χ0v) is 6.69. The number of ether oxygens (including phenoxy) is 2. The molecule has 0 bridgehead atoms. The van der Waals surface area contributed by atoms with Crippen molar-refractivity contribution in [3.8, 4) is 5.75 Å². The Labute approximate surface area is 71.1 Å². The van der Waals surface area contributed by atoms with Gasteiger partial charge in [0.15, 0.2) is 0 Å². The lowest BCUT2D eigenvalue weighted by molar-refractivity contribution is 0.252. The van der Waals surface area contributed by atoms with Gasteiger partial charge in [0.25, 0.3) is 0 Å². The van der Waals surface area contributed by atoms with E-state index < -0.39 is 0 Å². The van der Waals surface area contributed by atoms with Gasteiger partial charge in [-0.25, -0.2) is 0 Å². The van der Waals surface area contributed by atoms with E-state index in [-0.39, 0.29) is 0 Å². The molecule has 2 nitrogen and oxygen atoms in total. The van der Waals surface area contributed by atoms with E-state index in [1.54, 1.807) is 0 Å². The molecule has 2 unspecified atom stereocenters. The van der Waals surface area contributed by atoms with Crippen LogP contribution in [0.25, 0.3) is 0 Å². The van der Waals surface area contributed by atoms with Gasteiger partial charge in [0, 0.05) is 6.42 Å². The predicted molar refractivity (Wildman–Crippen MR) is 44.3 cm³/mol. The van der Waals surface area contributed by atoms with Crippen molar-refractivity contribution in [3.63, 3.8) is 0 Å². The summed E-state index contributed by atoms with van der Waals surface area (Å²) in [6.45, 7) is 0.724. The summed E-state index contributed by atoms with van der Waals surface area (Å²) < 4.78 is 11.0. The van der Waals surface area contributed by atoms with Gasteiger partial charge in [-0.05, 0) is 11.6 Å². The topological polar surface area (TPSA) is 21.8 Å². The zero-order valence-electron chi connectivity index (χ0n) is 6.69. The first-order chi connectivity index (χ1) is 5.93. The van der Waals surface area contributed by atoms with E-state index in [1.807, 2.05) is 18.2 Å². The van der Waals surface area contributed by atoms with Crippen molar-refractivity contribution in [3.05, 3.63) is 29.8 Å². The van der Waals surface area contributed by atoms with Gasteiger partial charge in [0.2, 0.25) is 0 Å². The molecule has 0 spiro atoms.